The molecule has 90 valence electrons. The van der Waals surface area contributed by atoms with Crippen molar-refractivity contribution in [2.45, 2.75) is 20.4 Å². The minimum absolute atomic E-state index is 0.504. The molecule has 2 aromatic rings. The van der Waals surface area contributed by atoms with E-state index in [1.54, 1.807) is 12.3 Å². The molecule has 17 heavy (non-hydrogen) atoms. The van der Waals surface area contributed by atoms with Crippen molar-refractivity contribution in [3.63, 3.8) is 0 Å². The van der Waals surface area contributed by atoms with Crippen LogP contribution in [-0.4, -0.2) is 14.8 Å². The number of pyridine rings is 1. The van der Waals surface area contributed by atoms with Gasteiger partial charge in [0.1, 0.15) is 5.15 Å². The Labute approximate surface area is 106 Å². The lowest BCUT2D eigenvalue weighted by Crippen LogP contribution is -2.02. The molecule has 5 heteroatoms. The van der Waals surface area contributed by atoms with E-state index in [1.165, 1.54) is 11.3 Å². The molecule has 0 amide bonds. The van der Waals surface area contributed by atoms with Gasteiger partial charge in [0.25, 0.3) is 0 Å². The van der Waals surface area contributed by atoms with Crippen molar-refractivity contribution in [1.29, 1.82) is 0 Å². The van der Waals surface area contributed by atoms with Gasteiger partial charge in [-0.05, 0) is 26.0 Å². The SMILES string of the molecule is Cc1nn(C)c(C)c1CNc1ccc(Cl)nc1. The number of hydrogen-bond donors (Lipinski definition) is 1. The molecule has 0 aliphatic heterocycles. The summed E-state index contributed by atoms with van der Waals surface area (Å²) in [6.07, 6.45) is 1.73. The fourth-order valence-electron chi connectivity index (χ4n) is 1.74. The maximum atomic E-state index is 5.73. The number of halogens is 1. The summed E-state index contributed by atoms with van der Waals surface area (Å²) >= 11 is 5.73. The number of nitrogens with zero attached hydrogens (tertiary/aromatic N) is 3. The van der Waals surface area contributed by atoms with Crippen molar-refractivity contribution in [2.24, 2.45) is 7.05 Å². The molecule has 1 N–H and O–H groups in total. The van der Waals surface area contributed by atoms with E-state index >= 15 is 0 Å². The molecule has 0 bridgehead atoms. The van der Waals surface area contributed by atoms with Gasteiger partial charge in [-0.2, -0.15) is 5.10 Å². The highest BCUT2D eigenvalue weighted by atomic mass is 35.5. The van der Waals surface area contributed by atoms with Crippen LogP contribution in [0.3, 0.4) is 0 Å². The monoisotopic (exact) mass is 250 g/mol. The largest absolute Gasteiger partial charge is 0.380 e. The van der Waals surface area contributed by atoms with Crippen molar-refractivity contribution < 1.29 is 0 Å². The zero-order valence-corrected chi connectivity index (χ0v) is 10.9. The van der Waals surface area contributed by atoms with Crippen LogP contribution in [0.15, 0.2) is 18.3 Å². The number of hydrogen-bond acceptors (Lipinski definition) is 3. The van der Waals surface area contributed by atoms with Crippen LogP contribution in [0.1, 0.15) is 17.0 Å². The van der Waals surface area contributed by atoms with Gasteiger partial charge in [-0.1, -0.05) is 11.6 Å². The van der Waals surface area contributed by atoms with Crippen LogP contribution in [0, 0.1) is 13.8 Å². The van der Waals surface area contributed by atoms with Crippen LogP contribution in [0.4, 0.5) is 5.69 Å². The standard InChI is InChI=1S/C12H15ClN4/c1-8-11(9(2)17(3)16-8)7-14-10-4-5-12(13)15-6-10/h4-6,14H,7H2,1-3H3. The maximum absolute atomic E-state index is 5.73. The summed E-state index contributed by atoms with van der Waals surface area (Å²) in [5.74, 6) is 0. The fourth-order valence-corrected chi connectivity index (χ4v) is 1.86. The van der Waals surface area contributed by atoms with E-state index in [2.05, 4.69) is 22.3 Å². The summed E-state index contributed by atoms with van der Waals surface area (Å²) in [4.78, 5) is 4.02. The first-order valence-corrected chi connectivity index (χ1v) is 5.80. The molecular weight excluding hydrogens is 236 g/mol. The summed E-state index contributed by atoms with van der Waals surface area (Å²) in [6.45, 7) is 4.83. The summed E-state index contributed by atoms with van der Waals surface area (Å²) in [5.41, 5.74) is 4.41. The van der Waals surface area contributed by atoms with Crippen LogP contribution in [-0.2, 0) is 13.6 Å². The average molecular weight is 251 g/mol. The molecule has 0 atom stereocenters. The third kappa shape index (κ3) is 2.58. The average Bonchev–Trinajstić information content (AvgIpc) is 2.54. The zero-order chi connectivity index (χ0) is 12.4. The lowest BCUT2D eigenvalue weighted by Gasteiger charge is -2.06. The Bertz CT molecular complexity index is 516. The minimum Gasteiger partial charge on any atom is -0.380 e. The van der Waals surface area contributed by atoms with E-state index < -0.39 is 0 Å². The molecule has 0 fully saturated rings. The van der Waals surface area contributed by atoms with Crippen LogP contribution in [0.2, 0.25) is 5.15 Å². The van der Waals surface area contributed by atoms with E-state index in [-0.39, 0.29) is 0 Å². The van der Waals surface area contributed by atoms with Crippen molar-refractivity contribution in [3.8, 4) is 0 Å². The highest BCUT2D eigenvalue weighted by Gasteiger charge is 2.08. The van der Waals surface area contributed by atoms with E-state index in [9.17, 15) is 0 Å². The predicted molar refractivity (Wildman–Crippen MR) is 69.3 cm³/mol. The molecule has 0 saturated heterocycles. The van der Waals surface area contributed by atoms with Gasteiger partial charge in [0.15, 0.2) is 0 Å². The number of nitrogens with one attached hydrogen (secondary N) is 1. The second-order valence-corrected chi connectivity index (χ2v) is 4.38. The topological polar surface area (TPSA) is 42.7 Å². The molecule has 2 heterocycles. The van der Waals surface area contributed by atoms with Gasteiger partial charge in [0, 0.05) is 24.8 Å². The summed E-state index contributed by atoms with van der Waals surface area (Å²) in [6, 6.07) is 3.68. The van der Waals surface area contributed by atoms with Gasteiger partial charge in [0.2, 0.25) is 0 Å². The number of aryl methyl sites for hydroxylation is 2. The molecule has 2 aromatic heterocycles. The Morgan fingerprint density at radius 1 is 1.35 bits per heavy atom. The normalized spacial score (nSPS) is 10.6. The highest BCUT2D eigenvalue weighted by Crippen LogP contribution is 2.15. The van der Waals surface area contributed by atoms with Gasteiger partial charge >= 0.3 is 0 Å². The number of aromatic nitrogens is 3. The van der Waals surface area contributed by atoms with E-state index in [0.29, 0.717) is 5.15 Å². The first kappa shape index (κ1) is 11.9. The molecule has 2 rings (SSSR count). The molecule has 0 radical (unpaired) electrons. The van der Waals surface area contributed by atoms with Gasteiger partial charge < -0.3 is 5.32 Å². The number of anilines is 1. The molecule has 0 spiro atoms. The fraction of sp³-hybridized carbons (Fsp3) is 0.333. The second kappa shape index (κ2) is 4.75. The molecule has 0 saturated carbocycles. The minimum atomic E-state index is 0.504. The molecule has 0 aliphatic carbocycles. The van der Waals surface area contributed by atoms with Gasteiger partial charge in [-0.15, -0.1) is 0 Å². The summed E-state index contributed by atoms with van der Waals surface area (Å²) < 4.78 is 1.90. The molecule has 0 aromatic carbocycles. The van der Waals surface area contributed by atoms with Gasteiger partial charge in [-0.25, -0.2) is 4.98 Å². The Morgan fingerprint density at radius 3 is 2.65 bits per heavy atom. The molecular formula is C12H15ClN4. The van der Waals surface area contributed by atoms with E-state index in [4.69, 9.17) is 11.6 Å². The number of rotatable bonds is 3. The molecule has 0 aliphatic rings. The second-order valence-electron chi connectivity index (χ2n) is 4.00. The third-order valence-corrected chi connectivity index (χ3v) is 3.08. The maximum Gasteiger partial charge on any atom is 0.129 e. The quantitative estimate of drug-likeness (QED) is 0.852. The third-order valence-electron chi connectivity index (χ3n) is 2.86. The lowest BCUT2D eigenvalue weighted by atomic mass is 10.2. The molecule has 4 nitrogen and oxygen atoms in total. The van der Waals surface area contributed by atoms with Crippen molar-refractivity contribution >= 4 is 17.3 Å². The predicted octanol–water partition coefficient (Wildman–Crippen LogP) is 2.70. The van der Waals surface area contributed by atoms with E-state index in [1.807, 2.05) is 24.7 Å². The first-order chi connectivity index (χ1) is 8.08. The molecule has 0 unspecified atom stereocenters. The Morgan fingerprint density at radius 2 is 2.12 bits per heavy atom. The lowest BCUT2D eigenvalue weighted by molar-refractivity contribution is 0.730. The van der Waals surface area contributed by atoms with Crippen LogP contribution in [0.25, 0.3) is 0 Å². The van der Waals surface area contributed by atoms with Crippen molar-refractivity contribution in [3.05, 3.63) is 40.4 Å². The Hall–Kier alpha value is -1.55. The van der Waals surface area contributed by atoms with Crippen LogP contribution >= 0.6 is 11.6 Å². The van der Waals surface area contributed by atoms with Gasteiger partial charge in [0.05, 0.1) is 17.6 Å². The van der Waals surface area contributed by atoms with Crippen LogP contribution < -0.4 is 5.32 Å². The Balaban J connectivity index is 2.09. The summed E-state index contributed by atoms with van der Waals surface area (Å²) in [5, 5.41) is 8.19. The smallest absolute Gasteiger partial charge is 0.129 e. The zero-order valence-electron chi connectivity index (χ0n) is 10.2. The summed E-state index contributed by atoms with van der Waals surface area (Å²) in [7, 11) is 1.95. The van der Waals surface area contributed by atoms with Gasteiger partial charge in [-0.3, -0.25) is 4.68 Å². The Kier molecular flexibility index (Phi) is 3.33. The van der Waals surface area contributed by atoms with Crippen molar-refractivity contribution in [2.75, 3.05) is 5.32 Å². The van der Waals surface area contributed by atoms with E-state index in [0.717, 1.165) is 17.9 Å². The van der Waals surface area contributed by atoms with Crippen molar-refractivity contribution in [1.82, 2.24) is 14.8 Å². The highest BCUT2D eigenvalue weighted by molar-refractivity contribution is 6.29. The first-order valence-electron chi connectivity index (χ1n) is 5.42. The van der Waals surface area contributed by atoms with Crippen LogP contribution in [0.5, 0.6) is 0 Å².